The number of benzene rings is 1. The van der Waals surface area contributed by atoms with Crippen LogP contribution >= 0.6 is 11.3 Å². The molecule has 0 spiro atoms. The predicted molar refractivity (Wildman–Crippen MR) is 69.8 cm³/mol. The third kappa shape index (κ3) is 3.91. The maximum absolute atomic E-state index is 12.9. The van der Waals surface area contributed by atoms with Crippen molar-refractivity contribution in [2.75, 3.05) is 0 Å². The average Bonchev–Trinajstić information content (AvgIpc) is 2.70. The van der Waals surface area contributed by atoms with Gasteiger partial charge in [0.15, 0.2) is 5.69 Å². The van der Waals surface area contributed by atoms with Crippen molar-refractivity contribution in [3.8, 4) is 0 Å². The number of Topliss-reactive ketones (excluding diaryl/α,β-unsaturated/α-hetero) is 1. The molecule has 114 valence electrons. The van der Waals surface area contributed by atoms with Crippen LogP contribution in [-0.4, -0.2) is 5.78 Å². The number of rotatable bonds is 3. The van der Waals surface area contributed by atoms with Crippen LogP contribution in [0, 0.1) is 13.8 Å². The van der Waals surface area contributed by atoms with Crippen LogP contribution in [0.2, 0.25) is 0 Å². The highest BCUT2D eigenvalue weighted by Gasteiger charge is 2.35. The van der Waals surface area contributed by atoms with E-state index in [9.17, 15) is 18.0 Å². The molecule has 2 aromatic rings. The summed E-state index contributed by atoms with van der Waals surface area (Å²) in [6, 6.07) is 4.88. The Morgan fingerprint density at radius 2 is 1.86 bits per heavy atom. The number of hydrogen-bond donors (Lipinski definition) is 0. The number of aryl methyl sites for hydroxylation is 1. The zero-order chi connectivity index (χ0) is 14.9. The van der Waals surface area contributed by atoms with Gasteiger partial charge >= 0.3 is 6.18 Å². The summed E-state index contributed by atoms with van der Waals surface area (Å²) < 4.78 is 40.3. The van der Waals surface area contributed by atoms with Crippen molar-refractivity contribution in [3.63, 3.8) is 0 Å². The van der Waals surface area contributed by atoms with Crippen LogP contribution in [0.5, 0.6) is 0 Å². The first-order valence-electron chi connectivity index (χ1n) is 5.94. The van der Waals surface area contributed by atoms with Crippen LogP contribution in [0.15, 0.2) is 29.8 Å². The maximum atomic E-state index is 12.9. The summed E-state index contributed by atoms with van der Waals surface area (Å²) in [5.41, 5.74) is 1.48. The van der Waals surface area contributed by atoms with E-state index < -0.39 is 17.5 Å². The standard InChI is InChI=1S/C14H13F3NOS.BrH/c1-9-10(2)20-8-18(9)7-13(19)11-5-3-4-6-12(11)14(15,16)17;/h3-6,8H,7H2,1-2H3;1H/q+1;/p-1. The van der Waals surface area contributed by atoms with E-state index in [0.717, 1.165) is 16.6 Å². The molecule has 0 aliphatic carbocycles. The fraction of sp³-hybridized carbons (Fsp3) is 0.286. The summed E-state index contributed by atoms with van der Waals surface area (Å²) in [5.74, 6) is -0.538. The molecule has 0 saturated heterocycles. The second-order valence-electron chi connectivity index (χ2n) is 4.46. The van der Waals surface area contributed by atoms with Crippen LogP contribution < -0.4 is 21.5 Å². The first-order chi connectivity index (χ1) is 9.30. The van der Waals surface area contributed by atoms with Gasteiger partial charge in [0, 0.05) is 12.5 Å². The van der Waals surface area contributed by atoms with Gasteiger partial charge in [-0.1, -0.05) is 29.5 Å². The predicted octanol–water partition coefficient (Wildman–Crippen LogP) is 0.558. The van der Waals surface area contributed by atoms with Crippen molar-refractivity contribution < 1.29 is 39.5 Å². The molecule has 0 bridgehead atoms. The number of nitrogens with zero attached hydrogens (tertiary/aromatic N) is 1. The highest BCUT2D eigenvalue weighted by molar-refractivity contribution is 7.09. The normalized spacial score (nSPS) is 11.1. The lowest BCUT2D eigenvalue weighted by Crippen LogP contribution is -3.00. The topological polar surface area (TPSA) is 20.9 Å². The number of thiazole rings is 1. The van der Waals surface area contributed by atoms with Crippen molar-refractivity contribution in [1.29, 1.82) is 0 Å². The molecule has 1 aromatic carbocycles. The van der Waals surface area contributed by atoms with E-state index in [1.165, 1.54) is 29.5 Å². The van der Waals surface area contributed by atoms with Crippen LogP contribution in [0.4, 0.5) is 13.2 Å². The fourth-order valence-electron chi connectivity index (χ4n) is 1.88. The van der Waals surface area contributed by atoms with Gasteiger partial charge in [-0.05, 0) is 13.0 Å². The molecule has 0 atom stereocenters. The molecule has 2 rings (SSSR count). The molecule has 7 heteroatoms. The Bertz CT molecular complexity index is 652. The molecule has 1 aromatic heterocycles. The van der Waals surface area contributed by atoms with Gasteiger partial charge in [-0.25, -0.2) is 0 Å². The van der Waals surface area contributed by atoms with Gasteiger partial charge in [-0.15, -0.1) is 0 Å². The molecule has 0 N–H and O–H groups in total. The van der Waals surface area contributed by atoms with Crippen LogP contribution in [-0.2, 0) is 12.7 Å². The SMILES string of the molecule is Cc1sc[n+](CC(=O)c2ccccc2C(F)(F)F)c1C.[Br-]. The first kappa shape index (κ1) is 17.8. The minimum atomic E-state index is -4.52. The van der Waals surface area contributed by atoms with E-state index in [2.05, 4.69) is 0 Å². The number of halogens is 4. The van der Waals surface area contributed by atoms with Crippen LogP contribution in [0.3, 0.4) is 0 Å². The van der Waals surface area contributed by atoms with Gasteiger partial charge in [-0.2, -0.15) is 17.7 Å². The van der Waals surface area contributed by atoms with Gasteiger partial charge in [0.05, 0.1) is 10.4 Å². The van der Waals surface area contributed by atoms with E-state index in [-0.39, 0.29) is 29.1 Å². The quantitative estimate of drug-likeness (QED) is 0.563. The highest BCUT2D eigenvalue weighted by atomic mass is 79.9. The van der Waals surface area contributed by atoms with Crippen molar-refractivity contribution in [2.45, 2.75) is 26.6 Å². The number of aromatic nitrogens is 1. The van der Waals surface area contributed by atoms with Crippen molar-refractivity contribution in [3.05, 3.63) is 51.5 Å². The number of hydrogen-bond acceptors (Lipinski definition) is 2. The number of alkyl halides is 3. The second kappa shape index (κ2) is 6.70. The Kier molecular flexibility index (Phi) is 5.69. The molecule has 0 saturated carbocycles. The van der Waals surface area contributed by atoms with E-state index in [1.807, 2.05) is 13.8 Å². The summed E-state index contributed by atoms with van der Waals surface area (Å²) in [7, 11) is 0. The molecular weight excluding hydrogens is 367 g/mol. The molecule has 0 aliphatic rings. The summed E-state index contributed by atoms with van der Waals surface area (Å²) >= 11 is 1.47. The molecule has 2 nitrogen and oxygen atoms in total. The molecule has 0 unspecified atom stereocenters. The van der Waals surface area contributed by atoms with E-state index >= 15 is 0 Å². The Morgan fingerprint density at radius 3 is 2.38 bits per heavy atom. The number of ketones is 1. The second-order valence-corrected chi connectivity index (χ2v) is 5.52. The lowest BCUT2D eigenvalue weighted by molar-refractivity contribution is -0.684. The largest absolute Gasteiger partial charge is 1.00 e. The van der Waals surface area contributed by atoms with E-state index in [1.54, 1.807) is 10.1 Å². The monoisotopic (exact) mass is 379 g/mol. The van der Waals surface area contributed by atoms with Gasteiger partial charge in [0.25, 0.3) is 0 Å². The highest BCUT2D eigenvalue weighted by Crippen LogP contribution is 2.32. The summed E-state index contributed by atoms with van der Waals surface area (Å²) in [4.78, 5) is 13.2. The molecule has 0 fully saturated rings. The lowest BCUT2D eigenvalue weighted by atomic mass is 10.0. The molecule has 21 heavy (non-hydrogen) atoms. The van der Waals surface area contributed by atoms with Crippen LogP contribution in [0.25, 0.3) is 0 Å². The third-order valence-electron chi connectivity index (χ3n) is 3.14. The summed E-state index contributed by atoms with van der Waals surface area (Å²) in [6.07, 6.45) is -4.52. The van der Waals surface area contributed by atoms with Crippen molar-refractivity contribution in [1.82, 2.24) is 0 Å². The minimum absolute atomic E-state index is 0. The molecule has 0 radical (unpaired) electrons. The van der Waals surface area contributed by atoms with E-state index in [4.69, 9.17) is 0 Å². The summed E-state index contributed by atoms with van der Waals surface area (Å²) in [5, 5.41) is 0. The van der Waals surface area contributed by atoms with E-state index in [0.29, 0.717) is 0 Å². The van der Waals surface area contributed by atoms with Crippen molar-refractivity contribution in [2.24, 2.45) is 0 Å². The Hall–Kier alpha value is -1.21. The average molecular weight is 380 g/mol. The molecule has 1 heterocycles. The van der Waals surface area contributed by atoms with Gasteiger partial charge in [-0.3, -0.25) is 4.79 Å². The molecule has 0 amide bonds. The van der Waals surface area contributed by atoms with Gasteiger partial charge in [0.1, 0.15) is 0 Å². The maximum Gasteiger partial charge on any atom is 0.417 e. The Balaban J connectivity index is 0.00000220. The minimum Gasteiger partial charge on any atom is -1.00 e. The van der Waals surface area contributed by atoms with Gasteiger partial charge < -0.3 is 17.0 Å². The van der Waals surface area contributed by atoms with Gasteiger partial charge in [0.2, 0.25) is 17.8 Å². The van der Waals surface area contributed by atoms with Crippen LogP contribution in [0.1, 0.15) is 26.5 Å². The first-order valence-corrected chi connectivity index (χ1v) is 6.82. The molecular formula is C14H13BrF3NOS. The third-order valence-corrected chi connectivity index (χ3v) is 4.15. The smallest absolute Gasteiger partial charge is 0.417 e. The number of carbonyl (C=O) groups is 1. The summed E-state index contributed by atoms with van der Waals surface area (Å²) in [6.45, 7) is 3.67. The zero-order valence-corrected chi connectivity index (χ0v) is 13.8. The number of carbonyl (C=O) groups excluding carboxylic acids is 1. The Labute approximate surface area is 135 Å². The zero-order valence-electron chi connectivity index (χ0n) is 11.4. The fourth-order valence-corrected chi connectivity index (χ4v) is 2.68. The Morgan fingerprint density at radius 1 is 1.24 bits per heavy atom. The molecule has 0 aliphatic heterocycles. The lowest BCUT2D eigenvalue weighted by Gasteiger charge is -2.10. The van der Waals surface area contributed by atoms with Crippen molar-refractivity contribution >= 4 is 17.1 Å².